The highest BCUT2D eigenvalue weighted by molar-refractivity contribution is 14.0. The molecule has 0 saturated carbocycles. The van der Waals surface area contributed by atoms with Gasteiger partial charge in [0.1, 0.15) is 12.3 Å². The van der Waals surface area contributed by atoms with Gasteiger partial charge in [0.25, 0.3) is 0 Å². The van der Waals surface area contributed by atoms with E-state index in [1.807, 2.05) is 6.26 Å². The van der Waals surface area contributed by atoms with Gasteiger partial charge in [0.2, 0.25) is 5.91 Å². The summed E-state index contributed by atoms with van der Waals surface area (Å²) in [7, 11) is 3.42. The van der Waals surface area contributed by atoms with Gasteiger partial charge in [-0.3, -0.25) is 4.79 Å². The van der Waals surface area contributed by atoms with Gasteiger partial charge in [0.15, 0.2) is 5.96 Å². The van der Waals surface area contributed by atoms with Crippen LogP contribution in [0.1, 0.15) is 12.8 Å². The van der Waals surface area contributed by atoms with Crippen LogP contribution in [0.2, 0.25) is 0 Å². The van der Waals surface area contributed by atoms with Crippen molar-refractivity contribution in [1.29, 1.82) is 0 Å². The molecular weight excluding hydrogens is 539 g/mol. The molecule has 2 N–H and O–H groups in total. The largest absolute Gasteiger partial charge is 0.435 e. The summed E-state index contributed by atoms with van der Waals surface area (Å²) in [4.78, 5) is 20.1. The number of alkyl halides is 2. The molecule has 176 valence electrons. The molecule has 1 aromatic rings. The molecule has 31 heavy (non-hydrogen) atoms. The Labute approximate surface area is 204 Å². The van der Waals surface area contributed by atoms with Gasteiger partial charge in [-0.05, 0) is 43.4 Å². The number of rotatable bonds is 9. The van der Waals surface area contributed by atoms with E-state index in [9.17, 15) is 13.6 Å². The molecule has 1 atom stereocenters. The summed E-state index contributed by atoms with van der Waals surface area (Å²) in [5.41, 5.74) is 0.958. The molecule has 0 radical (unpaired) electrons. The number of carbonyl (C=O) groups is 1. The normalized spacial score (nSPS) is 16.5. The van der Waals surface area contributed by atoms with Crippen LogP contribution in [-0.4, -0.2) is 81.7 Å². The Morgan fingerprint density at radius 1 is 1.35 bits per heavy atom. The second-order valence-electron chi connectivity index (χ2n) is 7.17. The molecule has 0 aromatic heterocycles. The summed E-state index contributed by atoms with van der Waals surface area (Å²) < 4.78 is 29.1. The van der Waals surface area contributed by atoms with Crippen LogP contribution in [0.5, 0.6) is 5.75 Å². The first-order valence-corrected chi connectivity index (χ1v) is 11.3. The Balaban J connectivity index is 0.00000480. The average Bonchev–Trinajstić information content (AvgIpc) is 2.72. The van der Waals surface area contributed by atoms with Crippen molar-refractivity contribution >= 4 is 53.3 Å². The quantitative estimate of drug-likeness (QED) is 0.206. The van der Waals surface area contributed by atoms with Gasteiger partial charge in [-0.1, -0.05) is 0 Å². The highest BCUT2D eigenvalue weighted by atomic mass is 127. The van der Waals surface area contributed by atoms with Gasteiger partial charge in [-0.15, -0.1) is 24.0 Å². The van der Waals surface area contributed by atoms with Crippen molar-refractivity contribution < 1.29 is 18.3 Å². The van der Waals surface area contributed by atoms with Crippen molar-refractivity contribution in [2.45, 2.75) is 25.5 Å². The first kappa shape index (κ1) is 27.5. The highest BCUT2D eigenvalue weighted by Crippen LogP contribution is 2.23. The van der Waals surface area contributed by atoms with E-state index >= 15 is 0 Å². The second kappa shape index (κ2) is 14.5. The Morgan fingerprint density at radius 3 is 2.68 bits per heavy atom. The monoisotopic (exact) mass is 571 g/mol. The third-order valence-corrected chi connectivity index (χ3v) is 5.27. The molecular formula is C20H32F2IN5O2S. The molecule has 1 aliphatic heterocycles. The van der Waals surface area contributed by atoms with Crippen molar-refractivity contribution in [3.8, 4) is 5.75 Å². The van der Waals surface area contributed by atoms with Crippen molar-refractivity contribution in [2.75, 3.05) is 57.2 Å². The molecule has 7 nitrogen and oxygen atoms in total. The number of likely N-dealkylation sites (N-methyl/N-ethyl adjacent to an activating group) is 1. The number of thioether (sulfide) groups is 1. The van der Waals surface area contributed by atoms with Crippen LogP contribution in [-0.2, 0) is 4.79 Å². The van der Waals surface area contributed by atoms with E-state index in [4.69, 9.17) is 0 Å². The van der Waals surface area contributed by atoms with Gasteiger partial charge < -0.3 is 25.2 Å². The van der Waals surface area contributed by atoms with Gasteiger partial charge >= 0.3 is 6.61 Å². The zero-order valence-electron chi connectivity index (χ0n) is 18.1. The van der Waals surface area contributed by atoms with E-state index in [1.54, 1.807) is 50.1 Å². The molecule has 2 rings (SSSR count). The minimum absolute atomic E-state index is 0. The first-order chi connectivity index (χ1) is 14.4. The van der Waals surface area contributed by atoms with E-state index in [-0.39, 0.29) is 48.2 Å². The fourth-order valence-corrected chi connectivity index (χ4v) is 3.38. The van der Waals surface area contributed by atoms with E-state index in [0.717, 1.165) is 43.9 Å². The number of hydrogen-bond donors (Lipinski definition) is 2. The smallest absolute Gasteiger partial charge is 0.387 e. The number of hydrogen-bond acceptors (Lipinski definition) is 5. The van der Waals surface area contributed by atoms with E-state index < -0.39 is 6.61 Å². The van der Waals surface area contributed by atoms with Crippen LogP contribution in [0.25, 0.3) is 0 Å². The SMILES string of the molecule is CSCCNC(=NCC(=O)N(C)C)NC1CCCN(c2ccc(OC(F)F)cc2)C1.I. The molecule has 11 heteroatoms. The molecule has 1 unspecified atom stereocenters. The fourth-order valence-electron chi connectivity index (χ4n) is 3.07. The number of piperidine rings is 1. The molecule has 1 aliphatic rings. The number of benzene rings is 1. The zero-order chi connectivity index (χ0) is 21.9. The predicted molar refractivity (Wildman–Crippen MR) is 134 cm³/mol. The fraction of sp³-hybridized carbons (Fsp3) is 0.600. The summed E-state index contributed by atoms with van der Waals surface area (Å²) in [5.74, 6) is 1.66. The lowest BCUT2D eigenvalue weighted by Crippen LogP contribution is -2.51. The summed E-state index contributed by atoms with van der Waals surface area (Å²) in [6.45, 7) is -0.344. The van der Waals surface area contributed by atoms with Gasteiger partial charge in [-0.2, -0.15) is 20.5 Å². The summed E-state index contributed by atoms with van der Waals surface area (Å²) in [6.07, 6.45) is 4.01. The number of carbonyl (C=O) groups excluding carboxylic acids is 1. The molecule has 1 aromatic carbocycles. The number of nitrogens with zero attached hydrogens (tertiary/aromatic N) is 3. The molecule has 0 spiro atoms. The minimum atomic E-state index is -2.82. The number of ether oxygens (including phenoxy) is 1. The van der Waals surface area contributed by atoms with E-state index in [1.165, 1.54) is 4.90 Å². The summed E-state index contributed by atoms with van der Waals surface area (Å²) >= 11 is 1.74. The van der Waals surface area contributed by atoms with E-state index in [0.29, 0.717) is 5.96 Å². The minimum Gasteiger partial charge on any atom is -0.435 e. The topological polar surface area (TPSA) is 69.2 Å². The maximum absolute atomic E-state index is 12.3. The second-order valence-corrected chi connectivity index (χ2v) is 8.16. The zero-order valence-corrected chi connectivity index (χ0v) is 21.3. The number of aliphatic imine (C=N–C) groups is 1. The Hall–Kier alpha value is -1.50. The van der Waals surface area contributed by atoms with Gasteiger partial charge in [0, 0.05) is 51.2 Å². The lowest BCUT2D eigenvalue weighted by molar-refractivity contribution is -0.127. The molecule has 1 heterocycles. The number of anilines is 1. The maximum atomic E-state index is 12.3. The van der Waals surface area contributed by atoms with Crippen LogP contribution in [0.4, 0.5) is 14.5 Å². The van der Waals surface area contributed by atoms with Crippen LogP contribution in [0.3, 0.4) is 0 Å². The molecule has 1 amide bonds. The van der Waals surface area contributed by atoms with Crippen molar-refractivity contribution in [3.05, 3.63) is 24.3 Å². The molecule has 1 fully saturated rings. The number of amides is 1. The van der Waals surface area contributed by atoms with Crippen molar-refractivity contribution in [3.63, 3.8) is 0 Å². The van der Waals surface area contributed by atoms with Crippen molar-refractivity contribution in [1.82, 2.24) is 15.5 Å². The summed E-state index contributed by atoms with van der Waals surface area (Å²) in [6, 6.07) is 6.86. The van der Waals surface area contributed by atoms with Gasteiger partial charge in [-0.25, -0.2) is 4.99 Å². The third kappa shape index (κ3) is 10.1. The number of guanidine groups is 1. The van der Waals surface area contributed by atoms with Crippen LogP contribution in [0, 0.1) is 0 Å². The van der Waals surface area contributed by atoms with E-state index in [2.05, 4.69) is 25.3 Å². The highest BCUT2D eigenvalue weighted by Gasteiger charge is 2.21. The van der Waals surface area contributed by atoms with Gasteiger partial charge in [0.05, 0.1) is 0 Å². The standard InChI is InChI=1S/C20H31F2N5O2S.HI/c1-26(2)18(28)13-24-20(23-10-12-30-3)25-15-5-4-11-27(14-15)16-6-8-17(9-7-16)29-19(21)22;/h6-9,15,19H,4-5,10-14H2,1-3H3,(H2,23,24,25);1H. The first-order valence-electron chi connectivity index (χ1n) is 9.92. The Bertz CT molecular complexity index is 695. The Kier molecular flexibility index (Phi) is 12.9. The molecule has 0 bridgehead atoms. The molecule has 0 aliphatic carbocycles. The predicted octanol–water partition coefficient (Wildman–Crippen LogP) is 2.86. The van der Waals surface area contributed by atoms with Crippen LogP contribution < -0.4 is 20.3 Å². The lowest BCUT2D eigenvalue weighted by Gasteiger charge is -2.35. The van der Waals surface area contributed by atoms with Crippen LogP contribution in [0.15, 0.2) is 29.3 Å². The Morgan fingerprint density at radius 2 is 2.06 bits per heavy atom. The number of nitrogens with one attached hydrogen (secondary N) is 2. The number of halogens is 3. The average molecular weight is 571 g/mol. The third-order valence-electron chi connectivity index (χ3n) is 4.66. The summed E-state index contributed by atoms with van der Waals surface area (Å²) in [5, 5.41) is 6.72. The lowest BCUT2D eigenvalue weighted by atomic mass is 10.0. The van der Waals surface area contributed by atoms with Crippen molar-refractivity contribution in [2.24, 2.45) is 4.99 Å². The van der Waals surface area contributed by atoms with Crippen LogP contribution >= 0.6 is 35.7 Å². The molecule has 1 saturated heterocycles. The maximum Gasteiger partial charge on any atom is 0.387 e.